The summed E-state index contributed by atoms with van der Waals surface area (Å²) in [4.78, 5) is 58.6. The van der Waals surface area contributed by atoms with E-state index >= 15 is 0 Å². The van der Waals surface area contributed by atoms with Gasteiger partial charge < -0.3 is 38.3 Å². The minimum absolute atomic E-state index is 0.0384. The van der Waals surface area contributed by atoms with Crippen molar-refractivity contribution in [3.05, 3.63) is 0 Å². The minimum Gasteiger partial charge on any atom is -0.480 e. The molecule has 172 valence electrons. The quantitative estimate of drug-likeness (QED) is 0.138. The summed E-state index contributed by atoms with van der Waals surface area (Å²) in [5, 5.41) is 16.5. The van der Waals surface area contributed by atoms with Gasteiger partial charge in [0.05, 0.1) is 19.0 Å². The van der Waals surface area contributed by atoms with E-state index in [-0.39, 0.29) is 25.2 Å². The summed E-state index contributed by atoms with van der Waals surface area (Å²) in [7, 11) is 0. The van der Waals surface area contributed by atoms with Crippen LogP contribution in [0.15, 0.2) is 0 Å². The lowest BCUT2D eigenvalue weighted by Gasteiger charge is -2.22. The maximum atomic E-state index is 12.6. The molecule has 0 bridgehead atoms. The van der Waals surface area contributed by atoms with Crippen LogP contribution < -0.4 is 33.2 Å². The molecule has 0 heterocycles. The van der Waals surface area contributed by atoms with E-state index < -0.39 is 54.3 Å². The molecule has 10 N–H and O–H groups in total. The first kappa shape index (κ1) is 27.3. The fraction of sp³-hybridized carbons (Fsp3) is 0.722. The average molecular weight is 431 g/mol. The van der Waals surface area contributed by atoms with Crippen molar-refractivity contribution >= 4 is 29.6 Å². The van der Waals surface area contributed by atoms with Gasteiger partial charge in [-0.2, -0.15) is 0 Å². The number of unbranched alkanes of at least 4 members (excludes halogenated alkanes) is 1. The molecule has 0 radical (unpaired) electrons. The molecule has 4 amide bonds. The van der Waals surface area contributed by atoms with Crippen LogP contribution in [0.4, 0.5) is 0 Å². The number of aliphatic carboxylic acids is 1. The summed E-state index contributed by atoms with van der Waals surface area (Å²) >= 11 is 0. The maximum Gasteiger partial charge on any atom is 0.326 e. The fourth-order valence-electron chi connectivity index (χ4n) is 2.58. The molecule has 0 rings (SSSR count). The molecule has 0 aliphatic carbocycles. The Kier molecular flexibility index (Phi) is 13.0. The van der Waals surface area contributed by atoms with E-state index in [2.05, 4.69) is 16.0 Å². The van der Waals surface area contributed by atoms with Crippen molar-refractivity contribution in [2.75, 3.05) is 13.1 Å². The Bertz CT molecular complexity index is 612. The number of hydrogen-bond donors (Lipinski definition) is 7. The standard InChI is InChI=1S/C18H34N6O6/c1-10(2)7-13(18(29)30)24-17(28)12(5-3-4-6-19)23-15(26)9-22-16(27)11(20)8-14(21)25/h10-13H,3-9,19-20H2,1-2H3,(H2,21,25)(H,22,27)(H,23,26)(H,24,28)(H,29,30). The molecular weight excluding hydrogens is 396 g/mol. The second-order valence-corrected chi connectivity index (χ2v) is 7.43. The van der Waals surface area contributed by atoms with Gasteiger partial charge in [-0.25, -0.2) is 4.79 Å². The smallest absolute Gasteiger partial charge is 0.326 e. The number of carboxylic acids is 1. The number of nitrogens with two attached hydrogens (primary N) is 3. The lowest BCUT2D eigenvalue weighted by molar-refractivity contribution is -0.142. The van der Waals surface area contributed by atoms with Gasteiger partial charge in [-0.05, 0) is 38.1 Å². The van der Waals surface area contributed by atoms with Crippen molar-refractivity contribution in [3.8, 4) is 0 Å². The monoisotopic (exact) mass is 430 g/mol. The molecule has 0 aromatic rings. The Morgan fingerprint density at radius 3 is 2.10 bits per heavy atom. The third-order valence-corrected chi connectivity index (χ3v) is 4.10. The van der Waals surface area contributed by atoms with Gasteiger partial charge in [-0.1, -0.05) is 13.8 Å². The van der Waals surface area contributed by atoms with Crippen molar-refractivity contribution in [3.63, 3.8) is 0 Å². The molecule has 12 nitrogen and oxygen atoms in total. The molecule has 0 saturated carbocycles. The van der Waals surface area contributed by atoms with Gasteiger partial charge in [0.15, 0.2) is 0 Å². The molecule has 0 aliphatic rings. The second-order valence-electron chi connectivity index (χ2n) is 7.43. The van der Waals surface area contributed by atoms with Crippen molar-refractivity contribution in [2.45, 2.75) is 64.1 Å². The minimum atomic E-state index is -1.19. The van der Waals surface area contributed by atoms with Crippen molar-refractivity contribution in [2.24, 2.45) is 23.1 Å². The predicted octanol–water partition coefficient (Wildman–Crippen LogP) is -2.47. The third-order valence-electron chi connectivity index (χ3n) is 4.10. The van der Waals surface area contributed by atoms with E-state index in [1.807, 2.05) is 13.8 Å². The molecule has 0 aromatic heterocycles. The van der Waals surface area contributed by atoms with Crippen molar-refractivity contribution in [1.29, 1.82) is 0 Å². The molecule has 3 unspecified atom stereocenters. The molecule has 12 heteroatoms. The van der Waals surface area contributed by atoms with Crippen LogP contribution in [-0.4, -0.2) is 65.9 Å². The highest BCUT2D eigenvalue weighted by Crippen LogP contribution is 2.07. The lowest BCUT2D eigenvalue weighted by atomic mass is 10.0. The highest BCUT2D eigenvalue weighted by Gasteiger charge is 2.27. The van der Waals surface area contributed by atoms with E-state index in [0.717, 1.165) is 0 Å². The highest BCUT2D eigenvalue weighted by molar-refractivity contribution is 5.93. The molecule has 0 aliphatic heterocycles. The zero-order valence-corrected chi connectivity index (χ0v) is 17.5. The van der Waals surface area contributed by atoms with Gasteiger partial charge in [0, 0.05) is 0 Å². The number of rotatable bonds is 15. The van der Waals surface area contributed by atoms with Gasteiger partial charge in [0.2, 0.25) is 23.6 Å². The number of primary amides is 1. The first-order chi connectivity index (χ1) is 14.0. The zero-order valence-electron chi connectivity index (χ0n) is 17.5. The molecular formula is C18H34N6O6. The Hall–Kier alpha value is -2.73. The van der Waals surface area contributed by atoms with Crippen LogP contribution in [0.3, 0.4) is 0 Å². The Balaban J connectivity index is 4.92. The number of hydrogen-bond acceptors (Lipinski definition) is 7. The lowest BCUT2D eigenvalue weighted by Crippen LogP contribution is -2.54. The third kappa shape index (κ3) is 12.0. The maximum absolute atomic E-state index is 12.6. The van der Waals surface area contributed by atoms with Gasteiger partial charge in [0.1, 0.15) is 12.1 Å². The first-order valence-electron chi connectivity index (χ1n) is 9.82. The van der Waals surface area contributed by atoms with Gasteiger partial charge in [-0.3, -0.25) is 19.2 Å². The van der Waals surface area contributed by atoms with Crippen LogP contribution in [0.1, 0.15) is 46.0 Å². The van der Waals surface area contributed by atoms with E-state index in [9.17, 15) is 29.1 Å². The Morgan fingerprint density at radius 1 is 0.967 bits per heavy atom. The zero-order chi connectivity index (χ0) is 23.3. The van der Waals surface area contributed by atoms with E-state index in [4.69, 9.17) is 17.2 Å². The van der Waals surface area contributed by atoms with E-state index in [1.54, 1.807) is 0 Å². The normalized spacial score (nSPS) is 13.8. The predicted molar refractivity (Wildman–Crippen MR) is 109 cm³/mol. The number of amides is 4. The number of nitrogens with one attached hydrogen (secondary N) is 3. The van der Waals surface area contributed by atoms with E-state index in [1.165, 1.54) is 0 Å². The van der Waals surface area contributed by atoms with Crippen LogP contribution in [0.25, 0.3) is 0 Å². The Labute approximate surface area is 175 Å². The summed E-state index contributed by atoms with van der Waals surface area (Å²) in [5.41, 5.74) is 15.9. The molecule has 30 heavy (non-hydrogen) atoms. The molecule has 0 fully saturated rings. The van der Waals surface area contributed by atoms with Crippen LogP contribution in [0.2, 0.25) is 0 Å². The van der Waals surface area contributed by atoms with E-state index in [0.29, 0.717) is 19.4 Å². The second kappa shape index (κ2) is 14.3. The first-order valence-corrected chi connectivity index (χ1v) is 9.82. The summed E-state index contributed by atoms with van der Waals surface area (Å²) in [6.07, 6.45) is 1.26. The molecule has 0 aromatic carbocycles. The van der Waals surface area contributed by atoms with Crippen LogP contribution in [-0.2, 0) is 24.0 Å². The van der Waals surface area contributed by atoms with Crippen LogP contribution >= 0.6 is 0 Å². The largest absolute Gasteiger partial charge is 0.480 e. The van der Waals surface area contributed by atoms with Crippen molar-refractivity contribution in [1.82, 2.24) is 16.0 Å². The Morgan fingerprint density at radius 2 is 1.60 bits per heavy atom. The molecule has 0 saturated heterocycles. The summed E-state index contributed by atoms with van der Waals surface area (Å²) < 4.78 is 0. The number of carbonyl (C=O) groups is 5. The molecule has 3 atom stereocenters. The highest BCUT2D eigenvalue weighted by atomic mass is 16.4. The van der Waals surface area contributed by atoms with Crippen molar-refractivity contribution < 1.29 is 29.1 Å². The van der Waals surface area contributed by atoms with Crippen LogP contribution in [0.5, 0.6) is 0 Å². The van der Waals surface area contributed by atoms with Crippen LogP contribution in [0, 0.1) is 5.92 Å². The fourth-order valence-corrected chi connectivity index (χ4v) is 2.58. The summed E-state index contributed by atoms with van der Waals surface area (Å²) in [6, 6.07) is -3.27. The molecule has 0 spiro atoms. The van der Waals surface area contributed by atoms with Gasteiger partial charge in [-0.15, -0.1) is 0 Å². The van der Waals surface area contributed by atoms with Gasteiger partial charge in [0.25, 0.3) is 0 Å². The summed E-state index contributed by atoms with van der Waals surface area (Å²) in [5.74, 6) is -3.93. The van der Waals surface area contributed by atoms with Gasteiger partial charge >= 0.3 is 5.97 Å². The number of carboxylic acid groups (broad SMARTS) is 1. The number of carbonyl (C=O) groups excluding carboxylic acids is 4. The average Bonchev–Trinajstić information content (AvgIpc) is 2.63. The topological polar surface area (TPSA) is 220 Å². The summed E-state index contributed by atoms with van der Waals surface area (Å²) in [6.45, 7) is 3.59. The SMILES string of the molecule is CC(C)CC(NC(=O)C(CCCCN)NC(=O)CNC(=O)C(N)CC(N)=O)C(=O)O.